The van der Waals surface area contributed by atoms with Gasteiger partial charge in [0.15, 0.2) is 15.6 Å². The SMILES string of the molecule is O=C(CCS(=O)(=O)c1ccccc1)OCc1cc(-c2cccs2)on1. The lowest BCUT2D eigenvalue weighted by Crippen LogP contribution is -2.13. The number of hydrogen-bond acceptors (Lipinski definition) is 7. The predicted octanol–water partition coefficient (Wildman–Crippen LogP) is 3.31. The fourth-order valence-electron chi connectivity index (χ4n) is 2.10. The molecule has 0 bridgehead atoms. The molecule has 0 spiro atoms. The Hall–Kier alpha value is -2.45. The summed E-state index contributed by atoms with van der Waals surface area (Å²) in [5.41, 5.74) is 0.475. The lowest BCUT2D eigenvalue weighted by Gasteiger charge is -2.04. The lowest BCUT2D eigenvalue weighted by atomic mass is 10.3. The first kappa shape index (κ1) is 17.4. The molecule has 0 saturated heterocycles. The summed E-state index contributed by atoms with van der Waals surface area (Å²) >= 11 is 1.51. The Balaban J connectivity index is 1.50. The highest BCUT2D eigenvalue weighted by Gasteiger charge is 2.17. The van der Waals surface area contributed by atoms with E-state index in [-0.39, 0.29) is 23.7 Å². The van der Waals surface area contributed by atoms with E-state index in [1.54, 1.807) is 24.3 Å². The van der Waals surface area contributed by atoms with E-state index in [4.69, 9.17) is 9.26 Å². The number of hydrogen-bond donors (Lipinski definition) is 0. The van der Waals surface area contributed by atoms with Gasteiger partial charge in [-0.1, -0.05) is 29.4 Å². The van der Waals surface area contributed by atoms with Crippen LogP contribution in [0.3, 0.4) is 0 Å². The average Bonchev–Trinajstić information content (AvgIpc) is 3.30. The summed E-state index contributed by atoms with van der Waals surface area (Å²) < 4.78 is 34.5. The van der Waals surface area contributed by atoms with Gasteiger partial charge in [0.25, 0.3) is 0 Å². The van der Waals surface area contributed by atoms with Crippen LogP contribution in [0.25, 0.3) is 10.6 Å². The summed E-state index contributed by atoms with van der Waals surface area (Å²) in [5.74, 6) is -0.289. The molecule has 0 amide bonds. The van der Waals surface area contributed by atoms with Crippen LogP contribution in [-0.4, -0.2) is 25.3 Å². The van der Waals surface area contributed by atoms with Gasteiger partial charge in [0.05, 0.1) is 21.9 Å². The monoisotopic (exact) mass is 377 g/mol. The fraction of sp³-hybridized carbons (Fsp3) is 0.176. The molecule has 0 atom stereocenters. The van der Waals surface area contributed by atoms with Crippen LogP contribution in [0.1, 0.15) is 12.1 Å². The van der Waals surface area contributed by atoms with Crippen LogP contribution in [0.4, 0.5) is 0 Å². The Bertz CT molecular complexity index is 931. The van der Waals surface area contributed by atoms with E-state index >= 15 is 0 Å². The van der Waals surface area contributed by atoms with Crippen molar-refractivity contribution in [3.05, 3.63) is 59.6 Å². The Kier molecular flexibility index (Phi) is 5.30. The molecule has 25 heavy (non-hydrogen) atoms. The minimum atomic E-state index is -3.50. The van der Waals surface area contributed by atoms with Gasteiger partial charge in [0.1, 0.15) is 12.3 Å². The van der Waals surface area contributed by atoms with Gasteiger partial charge in [0, 0.05) is 6.07 Å². The van der Waals surface area contributed by atoms with Gasteiger partial charge in [-0.25, -0.2) is 8.42 Å². The summed E-state index contributed by atoms with van der Waals surface area (Å²) in [6.45, 7) is -0.0565. The van der Waals surface area contributed by atoms with Crippen molar-refractivity contribution in [1.29, 1.82) is 0 Å². The number of thiophene rings is 1. The first-order chi connectivity index (χ1) is 12.0. The van der Waals surface area contributed by atoms with Gasteiger partial charge in [-0.2, -0.15) is 0 Å². The number of carbonyl (C=O) groups excluding carboxylic acids is 1. The van der Waals surface area contributed by atoms with Crippen LogP contribution in [-0.2, 0) is 26.0 Å². The topological polar surface area (TPSA) is 86.5 Å². The first-order valence-electron chi connectivity index (χ1n) is 7.47. The van der Waals surface area contributed by atoms with Crippen LogP contribution >= 0.6 is 11.3 Å². The van der Waals surface area contributed by atoms with Crippen LogP contribution < -0.4 is 0 Å². The van der Waals surface area contributed by atoms with Gasteiger partial charge >= 0.3 is 5.97 Å². The molecule has 0 saturated carbocycles. The van der Waals surface area contributed by atoms with Crippen molar-refractivity contribution >= 4 is 27.1 Å². The zero-order chi connectivity index (χ0) is 17.7. The smallest absolute Gasteiger partial charge is 0.307 e. The Morgan fingerprint density at radius 1 is 1.16 bits per heavy atom. The lowest BCUT2D eigenvalue weighted by molar-refractivity contribution is -0.144. The predicted molar refractivity (Wildman–Crippen MR) is 92.7 cm³/mol. The Morgan fingerprint density at radius 3 is 2.68 bits per heavy atom. The highest BCUT2D eigenvalue weighted by molar-refractivity contribution is 7.91. The van der Waals surface area contributed by atoms with Gasteiger partial charge in [-0.15, -0.1) is 11.3 Å². The third-order valence-electron chi connectivity index (χ3n) is 3.38. The zero-order valence-corrected chi connectivity index (χ0v) is 14.8. The molecule has 130 valence electrons. The van der Waals surface area contributed by atoms with E-state index in [0.717, 1.165) is 4.88 Å². The van der Waals surface area contributed by atoms with Crippen LogP contribution in [0.2, 0.25) is 0 Å². The minimum Gasteiger partial charge on any atom is -0.459 e. The highest BCUT2D eigenvalue weighted by Crippen LogP contribution is 2.25. The molecule has 0 aliphatic carbocycles. The van der Waals surface area contributed by atoms with E-state index in [1.807, 2.05) is 17.5 Å². The number of carbonyl (C=O) groups is 1. The Labute approximate surface area is 149 Å². The zero-order valence-electron chi connectivity index (χ0n) is 13.1. The van der Waals surface area contributed by atoms with Gasteiger partial charge in [-0.05, 0) is 23.6 Å². The van der Waals surface area contributed by atoms with E-state index in [9.17, 15) is 13.2 Å². The van der Waals surface area contributed by atoms with Crippen molar-refractivity contribution < 1.29 is 22.5 Å². The van der Waals surface area contributed by atoms with Crippen molar-refractivity contribution in [3.8, 4) is 10.6 Å². The van der Waals surface area contributed by atoms with Crippen LogP contribution in [0.5, 0.6) is 0 Å². The normalized spacial score (nSPS) is 11.4. The molecule has 2 aromatic heterocycles. The number of aromatic nitrogens is 1. The molecule has 8 heteroatoms. The van der Waals surface area contributed by atoms with Gasteiger partial charge in [-0.3, -0.25) is 4.79 Å². The third-order valence-corrected chi connectivity index (χ3v) is 6.00. The standard InChI is InChI=1S/C17H15NO5S2/c19-17(8-10-25(20,21)14-5-2-1-3-6-14)22-12-13-11-15(23-18-13)16-7-4-9-24-16/h1-7,9,11H,8,10,12H2. The number of esters is 1. The molecular formula is C17H15NO5S2. The summed E-state index contributed by atoms with van der Waals surface area (Å²) in [5, 5.41) is 5.76. The summed E-state index contributed by atoms with van der Waals surface area (Å²) in [6, 6.07) is 13.5. The summed E-state index contributed by atoms with van der Waals surface area (Å²) in [4.78, 5) is 12.9. The molecule has 0 radical (unpaired) electrons. The highest BCUT2D eigenvalue weighted by atomic mass is 32.2. The summed E-state index contributed by atoms with van der Waals surface area (Å²) in [7, 11) is -3.50. The second kappa shape index (κ2) is 7.62. The van der Waals surface area contributed by atoms with Crippen molar-refractivity contribution in [2.24, 2.45) is 0 Å². The maximum Gasteiger partial charge on any atom is 0.307 e. The Morgan fingerprint density at radius 2 is 1.96 bits per heavy atom. The van der Waals surface area contributed by atoms with Crippen LogP contribution in [0.15, 0.2) is 63.3 Å². The molecular weight excluding hydrogens is 362 g/mol. The first-order valence-corrected chi connectivity index (χ1v) is 10.0. The van der Waals surface area contributed by atoms with Crippen molar-refractivity contribution in [2.75, 3.05) is 5.75 Å². The number of benzene rings is 1. The molecule has 0 aliphatic rings. The van der Waals surface area contributed by atoms with Crippen LogP contribution in [0, 0.1) is 0 Å². The molecule has 0 aliphatic heterocycles. The number of ether oxygens (including phenoxy) is 1. The van der Waals surface area contributed by atoms with Gasteiger partial charge < -0.3 is 9.26 Å². The number of rotatable bonds is 7. The van der Waals surface area contributed by atoms with Gasteiger partial charge in [0.2, 0.25) is 0 Å². The minimum absolute atomic E-state index is 0.0565. The molecule has 0 N–H and O–H groups in total. The van der Waals surface area contributed by atoms with Crippen molar-refractivity contribution in [3.63, 3.8) is 0 Å². The fourth-order valence-corrected chi connectivity index (χ4v) is 4.02. The maximum atomic E-state index is 12.1. The second-order valence-electron chi connectivity index (χ2n) is 5.20. The number of nitrogens with zero attached hydrogens (tertiary/aromatic N) is 1. The molecule has 3 rings (SSSR count). The third kappa shape index (κ3) is 4.55. The number of sulfone groups is 1. The van der Waals surface area contributed by atoms with Crippen molar-refractivity contribution in [1.82, 2.24) is 5.16 Å². The average molecular weight is 377 g/mol. The molecule has 3 aromatic rings. The van der Waals surface area contributed by atoms with E-state index < -0.39 is 15.8 Å². The molecule has 6 nitrogen and oxygen atoms in total. The molecule has 0 fully saturated rings. The van der Waals surface area contributed by atoms with E-state index in [0.29, 0.717) is 11.5 Å². The molecule has 1 aromatic carbocycles. The largest absolute Gasteiger partial charge is 0.459 e. The second-order valence-corrected chi connectivity index (χ2v) is 8.26. The quantitative estimate of drug-likeness (QED) is 0.587. The summed E-state index contributed by atoms with van der Waals surface area (Å²) in [6.07, 6.45) is -0.215. The molecule has 0 unspecified atom stereocenters. The van der Waals surface area contributed by atoms with E-state index in [1.165, 1.54) is 23.5 Å². The van der Waals surface area contributed by atoms with Crippen molar-refractivity contribution in [2.45, 2.75) is 17.9 Å². The van der Waals surface area contributed by atoms with E-state index in [2.05, 4.69) is 5.16 Å². The maximum absolute atomic E-state index is 12.1. The molecule has 2 heterocycles.